The van der Waals surface area contributed by atoms with Crippen LogP contribution in [0.2, 0.25) is 5.02 Å². The molecule has 0 saturated heterocycles. The molecule has 0 bridgehead atoms. The topological polar surface area (TPSA) is 55.1 Å². The number of nitrogen functional groups attached to an aromatic ring is 1. The van der Waals surface area contributed by atoms with E-state index in [4.69, 9.17) is 17.3 Å². The van der Waals surface area contributed by atoms with Crippen LogP contribution in [0.5, 0.6) is 0 Å². The van der Waals surface area contributed by atoms with Crippen molar-refractivity contribution in [1.29, 1.82) is 0 Å². The highest BCUT2D eigenvalue weighted by Crippen LogP contribution is 2.24. The van der Waals surface area contributed by atoms with Crippen LogP contribution < -0.4 is 11.1 Å². The summed E-state index contributed by atoms with van der Waals surface area (Å²) in [7, 11) is 0. The predicted molar refractivity (Wildman–Crippen MR) is 74.8 cm³/mol. The molecular weight excluding hydrogens is 248 g/mol. The monoisotopic (exact) mass is 266 g/mol. The Kier molecular flexibility index (Phi) is 4.12. The van der Waals surface area contributed by atoms with E-state index in [1.54, 1.807) is 18.2 Å². The summed E-state index contributed by atoms with van der Waals surface area (Å²) in [5, 5.41) is 3.56. The smallest absolute Gasteiger partial charge is 0.251 e. The number of benzene rings is 1. The van der Waals surface area contributed by atoms with E-state index >= 15 is 0 Å². The zero-order chi connectivity index (χ0) is 13.1. The van der Waals surface area contributed by atoms with Gasteiger partial charge in [-0.15, -0.1) is 0 Å². The number of carbonyl (C=O) groups is 1. The fourth-order valence-electron chi connectivity index (χ4n) is 2.58. The number of hydrogen-bond acceptors (Lipinski definition) is 2. The van der Waals surface area contributed by atoms with Crippen molar-refractivity contribution in [3.05, 3.63) is 28.8 Å². The van der Waals surface area contributed by atoms with Crippen molar-refractivity contribution in [3.63, 3.8) is 0 Å². The molecule has 2 atom stereocenters. The fourth-order valence-corrected chi connectivity index (χ4v) is 2.82. The number of anilines is 1. The Balaban J connectivity index is 2.02. The van der Waals surface area contributed by atoms with Crippen LogP contribution >= 0.6 is 11.6 Å². The summed E-state index contributed by atoms with van der Waals surface area (Å²) in [6.45, 7) is 2.23. The molecule has 0 aromatic heterocycles. The van der Waals surface area contributed by atoms with Gasteiger partial charge in [0.15, 0.2) is 0 Å². The Morgan fingerprint density at radius 2 is 2.17 bits per heavy atom. The molecule has 1 amide bonds. The van der Waals surface area contributed by atoms with Crippen LogP contribution in [0.15, 0.2) is 18.2 Å². The number of rotatable bonds is 2. The van der Waals surface area contributed by atoms with E-state index in [1.165, 1.54) is 12.8 Å². The molecular formula is C14H19ClN2O. The van der Waals surface area contributed by atoms with Crippen LogP contribution in [-0.4, -0.2) is 11.9 Å². The zero-order valence-corrected chi connectivity index (χ0v) is 11.3. The first-order valence-electron chi connectivity index (χ1n) is 6.41. The molecule has 4 heteroatoms. The van der Waals surface area contributed by atoms with Crippen molar-refractivity contribution in [2.75, 3.05) is 5.73 Å². The van der Waals surface area contributed by atoms with Crippen LogP contribution in [0.3, 0.4) is 0 Å². The van der Waals surface area contributed by atoms with E-state index in [9.17, 15) is 4.79 Å². The summed E-state index contributed by atoms with van der Waals surface area (Å²) in [5.41, 5.74) is 6.75. The van der Waals surface area contributed by atoms with Crippen LogP contribution in [-0.2, 0) is 0 Å². The number of nitrogens with two attached hydrogens (primary N) is 1. The number of amides is 1. The minimum Gasteiger partial charge on any atom is -0.399 e. The zero-order valence-electron chi connectivity index (χ0n) is 10.6. The Hall–Kier alpha value is -1.22. The molecule has 3 nitrogen and oxygen atoms in total. The molecule has 1 saturated carbocycles. The molecule has 0 aliphatic heterocycles. The lowest BCUT2D eigenvalue weighted by atomic mass is 9.87. The summed E-state index contributed by atoms with van der Waals surface area (Å²) in [4.78, 5) is 12.1. The molecule has 3 N–H and O–H groups in total. The van der Waals surface area contributed by atoms with E-state index < -0.39 is 0 Å². The summed E-state index contributed by atoms with van der Waals surface area (Å²) in [6, 6.07) is 5.23. The highest BCUT2D eigenvalue weighted by Gasteiger charge is 2.21. The van der Waals surface area contributed by atoms with Gasteiger partial charge >= 0.3 is 0 Å². The number of nitrogens with one attached hydrogen (secondary N) is 1. The minimum absolute atomic E-state index is 0.0803. The van der Waals surface area contributed by atoms with Gasteiger partial charge < -0.3 is 11.1 Å². The maximum absolute atomic E-state index is 12.1. The van der Waals surface area contributed by atoms with E-state index in [2.05, 4.69) is 12.2 Å². The van der Waals surface area contributed by atoms with Crippen molar-refractivity contribution >= 4 is 23.2 Å². The lowest BCUT2D eigenvalue weighted by Gasteiger charge is -2.27. The maximum Gasteiger partial charge on any atom is 0.251 e. The second-order valence-electron chi connectivity index (χ2n) is 5.22. The molecule has 1 aliphatic carbocycles. The van der Waals surface area contributed by atoms with Crippen molar-refractivity contribution in [1.82, 2.24) is 5.32 Å². The maximum atomic E-state index is 12.1. The van der Waals surface area contributed by atoms with Gasteiger partial charge in [-0.05, 0) is 37.0 Å². The normalized spacial score (nSPS) is 23.7. The summed E-state index contributed by atoms with van der Waals surface area (Å²) < 4.78 is 0. The van der Waals surface area contributed by atoms with E-state index in [-0.39, 0.29) is 11.9 Å². The highest BCUT2D eigenvalue weighted by atomic mass is 35.5. The van der Waals surface area contributed by atoms with Gasteiger partial charge in [0.05, 0.1) is 0 Å². The molecule has 1 fully saturated rings. The first-order valence-corrected chi connectivity index (χ1v) is 6.79. The van der Waals surface area contributed by atoms with Gasteiger partial charge in [0.25, 0.3) is 5.91 Å². The molecule has 0 heterocycles. The standard InChI is InChI=1S/C14H19ClN2O/c1-9-3-2-4-13(5-9)17-14(18)10-6-11(15)8-12(16)7-10/h6-9,13H,2-5,16H2,1H3,(H,17,18). The quantitative estimate of drug-likeness (QED) is 0.808. The van der Waals surface area contributed by atoms with Gasteiger partial charge in [-0.1, -0.05) is 31.4 Å². The largest absolute Gasteiger partial charge is 0.399 e. The van der Waals surface area contributed by atoms with Crippen molar-refractivity contribution in [2.45, 2.75) is 38.6 Å². The molecule has 0 spiro atoms. The van der Waals surface area contributed by atoms with E-state index in [0.29, 0.717) is 22.2 Å². The molecule has 0 radical (unpaired) electrons. The minimum atomic E-state index is -0.0803. The van der Waals surface area contributed by atoms with Gasteiger partial charge in [-0.3, -0.25) is 4.79 Å². The van der Waals surface area contributed by atoms with E-state index in [1.807, 2.05) is 0 Å². The van der Waals surface area contributed by atoms with Gasteiger partial charge in [0, 0.05) is 22.3 Å². The first kappa shape index (κ1) is 13.2. The van der Waals surface area contributed by atoms with Gasteiger partial charge in [0.1, 0.15) is 0 Å². The lowest BCUT2D eigenvalue weighted by Crippen LogP contribution is -2.38. The van der Waals surface area contributed by atoms with Crippen molar-refractivity contribution in [3.8, 4) is 0 Å². The molecule has 1 aromatic carbocycles. The summed E-state index contributed by atoms with van der Waals surface area (Å²) >= 11 is 5.90. The summed E-state index contributed by atoms with van der Waals surface area (Å²) in [5.74, 6) is 0.608. The van der Waals surface area contributed by atoms with E-state index in [0.717, 1.165) is 12.8 Å². The van der Waals surface area contributed by atoms with Gasteiger partial charge in [-0.25, -0.2) is 0 Å². The Morgan fingerprint density at radius 1 is 1.39 bits per heavy atom. The number of carbonyl (C=O) groups excluding carboxylic acids is 1. The molecule has 2 rings (SSSR count). The number of hydrogen-bond donors (Lipinski definition) is 2. The average molecular weight is 267 g/mol. The Morgan fingerprint density at radius 3 is 2.83 bits per heavy atom. The third kappa shape index (κ3) is 3.39. The third-order valence-corrected chi connectivity index (χ3v) is 3.67. The van der Waals surface area contributed by atoms with Crippen LogP contribution in [0.25, 0.3) is 0 Å². The Labute approximate surface area is 113 Å². The second kappa shape index (κ2) is 5.61. The second-order valence-corrected chi connectivity index (χ2v) is 5.65. The summed E-state index contributed by atoms with van der Waals surface area (Å²) in [6.07, 6.45) is 4.56. The predicted octanol–water partition coefficient (Wildman–Crippen LogP) is 3.23. The van der Waals surface area contributed by atoms with Gasteiger partial charge in [-0.2, -0.15) is 0 Å². The van der Waals surface area contributed by atoms with Crippen LogP contribution in [0.4, 0.5) is 5.69 Å². The van der Waals surface area contributed by atoms with Crippen LogP contribution in [0.1, 0.15) is 43.0 Å². The van der Waals surface area contributed by atoms with Crippen LogP contribution in [0, 0.1) is 5.92 Å². The lowest BCUT2D eigenvalue weighted by molar-refractivity contribution is 0.0921. The highest BCUT2D eigenvalue weighted by molar-refractivity contribution is 6.31. The fraction of sp³-hybridized carbons (Fsp3) is 0.500. The first-order chi connectivity index (χ1) is 8.54. The Bertz CT molecular complexity index is 427. The SMILES string of the molecule is CC1CCCC(NC(=O)c2cc(N)cc(Cl)c2)C1. The van der Waals surface area contributed by atoms with Crippen molar-refractivity contribution < 1.29 is 4.79 Å². The molecule has 1 aliphatic rings. The molecule has 98 valence electrons. The molecule has 2 unspecified atom stereocenters. The third-order valence-electron chi connectivity index (χ3n) is 3.45. The average Bonchev–Trinajstić information content (AvgIpc) is 2.27. The van der Waals surface area contributed by atoms with Crippen molar-refractivity contribution in [2.24, 2.45) is 5.92 Å². The molecule has 1 aromatic rings. The van der Waals surface area contributed by atoms with Gasteiger partial charge in [0.2, 0.25) is 0 Å². The molecule has 18 heavy (non-hydrogen) atoms. The number of halogens is 1.